The molecule has 7 nitrogen and oxygen atoms in total. The Kier molecular flexibility index (Phi) is 4.49. The fraction of sp³-hybridized carbons (Fsp3) is 0.231. The van der Waals surface area contributed by atoms with E-state index in [9.17, 15) is 14.9 Å². The predicted octanol–water partition coefficient (Wildman–Crippen LogP) is 2.58. The standard InChI is InChI=1S/C13H14N4O3S/c1-8(11-4-3-5-21-11)16-13(18)9-6-12(14-2)15-7-10(9)17(19)20/h3-8H,1-2H3,(H,14,15)(H,16,18). The van der Waals surface area contributed by atoms with Crippen LogP contribution in [-0.2, 0) is 0 Å². The van der Waals surface area contributed by atoms with E-state index >= 15 is 0 Å². The molecule has 0 fully saturated rings. The highest BCUT2D eigenvalue weighted by Crippen LogP contribution is 2.23. The normalized spacial score (nSPS) is 11.7. The van der Waals surface area contributed by atoms with Crippen LogP contribution in [0.3, 0.4) is 0 Å². The van der Waals surface area contributed by atoms with Gasteiger partial charge in [-0.1, -0.05) is 6.07 Å². The van der Waals surface area contributed by atoms with Crippen LogP contribution < -0.4 is 10.6 Å². The van der Waals surface area contributed by atoms with E-state index in [-0.39, 0.29) is 17.3 Å². The van der Waals surface area contributed by atoms with Crippen molar-refractivity contribution in [2.45, 2.75) is 13.0 Å². The van der Waals surface area contributed by atoms with Crippen LogP contribution in [0.1, 0.15) is 28.2 Å². The van der Waals surface area contributed by atoms with Gasteiger partial charge in [0.1, 0.15) is 17.6 Å². The molecule has 110 valence electrons. The Balaban J connectivity index is 2.27. The molecule has 0 aromatic carbocycles. The predicted molar refractivity (Wildman–Crippen MR) is 80.6 cm³/mol. The summed E-state index contributed by atoms with van der Waals surface area (Å²) >= 11 is 1.51. The van der Waals surface area contributed by atoms with Crippen LogP contribution in [0.25, 0.3) is 0 Å². The van der Waals surface area contributed by atoms with Gasteiger partial charge in [0.05, 0.1) is 11.0 Å². The van der Waals surface area contributed by atoms with Crippen molar-refractivity contribution in [2.75, 3.05) is 12.4 Å². The minimum Gasteiger partial charge on any atom is -0.373 e. The number of nitro groups is 1. The van der Waals surface area contributed by atoms with Crippen molar-refractivity contribution in [3.63, 3.8) is 0 Å². The number of carbonyl (C=O) groups excluding carboxylic acids is 1. The fourth-order valence-electron chi connectivity index (χ4n) is 1.80. The van der Waals surface area contributed by atoms with Gasteiger partial charge in [0.15, 0.2) is 0 Å². The van der Waals surface area contributed by atoms with Crippen molar-refractivity contribution in [3.8, 4) is 0 Å². The first-order valence-electron chi connectivity index (χ1n) is 6.19. The smallest absolute Gasteiger partial charge is 0.300 e. The molecule has 0 bridgehead atoms. The van der Waals surface area contributed by atoms with Crippen molar-refractivity contribution in [2.24, 2.45) is 0 Å². The largest absolute Gasteiger partial charge is 0.373 e. The van der Waals surface area contributed by atoms with E-state index < -0.39 is 10.8 Å². The molecule has 1 atom stereocenters. The molecule has 0 aliphatic heterocycles. The number of anilines is 1. The number of thiophene rings is 1. The van der Waals surface area contributed by atoms with E-state index in [1.807, 2.05) is 24.4 Å². The first-order valence-corrected chi connectivity index (χ1v) is 7.07. The molecule has 0 saturated carbocycles. The Morgan fingerprint density at radius 3 is 2.86 bits per heavy atom. The number of pyridine rings is 1. The SMILES string of the molecule is CNc1cc(C(=O)NC(C)c2cccs2)c([N+](=O)[O-])cn1. The Morgan fingerprint density at radius 2 is 2.29 bits per heavy atom. The topological polar surface area (TPSA) is 97.2 Å². The molecule has 0 aliphatic rings. The summed E-state index contributed by atoms with van der Waals surface area (Å²) in [7, 11) is 1.63. The van der Waals surface area contributed by atoms with Gasteiger partial charge in [-0.15, -0.1) is 11.3 Å². The van der Waals surface area contributed by atoms with Gasteiger partial charge in [-0.05, 0) is 18.4 Å². The lowest BCUT2D eigenvalue weighted by atomic mass is 10.2. The molecule has 0 spiro atoms. The number of hydrogen-bond donors (Lipinski definition) is 2. The molecule has 21 heavy (non-hydrogen) atoms. The van der Waals surface area contributed by atoms with Crippen LogP contribution >= 0.6 is 11.3 Å². The number of amides is 1. The zero-order valence-corrected chi connectivity index (χ0v) is 12.3. The van der Waals surface area contributed by atoms with Crippen molar-refractivity contribution in [1.82, 2.24) is 10.3 Å². The molecule has 2 heterocycles. The monoisotopic (exact) mass is 306 g/mol. The molecule has 2 aromatic heterocycles. The lowest BCUT2D eigenvalue weighted by molar-refractivity contribution is -0.385. The van der Waals surface area contributed by atoms with Gasteiger partial charge >= 0.3 is 0 Å². The number of nitrogens with one attached hydrogen (secondary N) is 2. The summed E-state index contributed by atoms with van der Waals surface area (Å²) in [5, 5.41) is 18.4. The van der Waals surface area contributed by atoms with Crippen LogP contribution in [0.2, 0.25) is 0 Å². The minimum absolute atomic E-state index is 0.0113. The fourth-order valence-corrected chi connectivity index (χ4v) is 2.53. The summed E-state index contributed by atoms with van der Waals surface area (Å²) in [5.74, 6) is -0.101. The Labute approximate surface area is 125 Å². The second-order valence-corrected chi connectivity index (χ2v) is 5.28. The van der Waals surface area contributed by atoms with Crippen molar-refractivity contribution >= 4 is 28.7 Å². The number of rotatable bonds is 5. The molecule has 1 amide bonds. The van der Waals surface area contributed by atoms with Gasteiger partial charge in [-0.25, -0.2) is 4.98 Å². The quantitative estimate of drug-likeness (QED) is 0.653. The van der Waals surface area contributed by atoms with Crippen molar-refractivity contribution in [1.29, 1.82) is 0 Å². The summed E-state index contributed by atoms with van der Waals surface area (Å²) in [6.45, 7) is 1.83. The van der Waals surface area contributed by atoms with Crippen LogP contribution in [0.5, 0.6) is 0 Å². The van der Waals surface area contributed by atoms with Gasteiger partial charge in [0.25, 0.3) is 11.6 Å². The molecule has 1 unspecified atom stereocenters. The lowest BCUT2D eigenvalue weighted by Gasteiger charge is -2.12. The first-order chi connectivity index (χ1) is 10.0. The summed E-state index contributed by atoms with van der Waals surface area (Å²) in [5.41, 5.74) is -0.326. The lowest BCUT2D eigenvalue weighted by Crippen LogP contribution is -2.27. The number of carbonyl (C=O) groups is 1. The molecule has 0 saturated heterocycles. The van der Waals surface area contributed by atoms with Crippen LogP contribution in [0, 0.1) is 10.1 Å². The highest BCUT2D eigenvalue weighted by atomic mass is 32.1. The molecule has 2 aromatic rings. The Hall–Kier alpha value is -2.48. The second kappa shape index (κ2) is 6.31. The summed E-state index contributed by atoms with van der Waals surface area (Å²) in [4.78, 5) is 27.5. The van der Waals surface area contributed by atoms with Gasteiger partial charge in [-0.2, -0.15) is 0 Å². The summed E-state index contributed by atoms with van der Waals surface area (Å²) in [6.07, 6.45) is 1.08. The van der Waals surface area contributed by atoms with Crippen molar-refractivity contribution in [3.05, 3.63) is 50.3 Å². The average Bonchev–Trinajstić information content (AvgIpc) is 3.00. The first kappa shape index (κ1) is 14.9. The highest BCUT2D eigenvalue weighted by molar-refractivity contribution is 7.10. The molecule has 0 radical (unpaired) electrons. The number of nitrogens with zero attached hydrogens (tertiary/aromatic N) is 2. The molecule has 2 rings (SSSR count). The molecular formula is C13H14N4O3S. The summed E-state index contributed by atoms with van der Waals surface area (Å²) in [6, 6.07) is 4.93. The van der Waals surface area contributed by atoms with Gasteiger partial charge in [0.2, 0.25) is 0 Å². The number of aromatic nitrogens is 1. The van der Waals surface area contributed by atoms with E-state index in [4.69, 9.17) is 0 Å². The van der Waals surface area contributed by atoms with Crippen LogP contribution in [0.15, 0.2) is 29.8 Å². The number of hydrogen-bond acceptors (Lipinski definition) is 6. The van der Waals surface area contributed by atoms with Gasteiger partial charge in [-0.3, -0.25) is 14.9 Å². The third kappa shape index (κ3) is 3.34. The van der Waals surface area contributed by atoms with Gasteiger partial charge in [0, 0.05) is 18.0 Å². The van der Waals surface area contributed by atoms with Crippen molar-refractivity contribution < 1.29 is 9.72 Å². The highest BCUT2D eigenvalue weighted by Gasteiger charge is 2.23. The van der Waals surface area contributed by atoms with Crippen LogP contribution in [0.4, 0.5) is 11.5 Å². The van der Waals surface area contributed by atoms with Crippen LogP contribution in [-0.4, -0.2) is 22.9 Å². The Bertz CT molecular complexity index is 657. The zero-order chi connectivity index (χ0) is 15.4. The Morgan fingerprint density at radius 1 is 1.52 bits per heavy atom. The molecule has 8 heteroatoms. The van der Waals surface area contributed by atoms with E-state index in [1.165, 1.54) is 17.4 Å². The average molecular weight is 306 g/mol. The maximum atomic E-state index is 12.3. The molecular weight excluding hydrogens is 292 g/mol. The second-order valence-electron chi connectivity index (χ2n) is 4.30. The maximum absolute atomic E-state index is 12.3. The third-order valence-corrected chi connectivity index (χ3v) is 3.95. The third-order valence-electron chi connectivity index (χ3n) is 2.90. The molecule has 2 N–H and O–H groups in total. The van der Waals surface area contributed by atoms with E-state index in [0.29, 0.717) is 5.82 Å². The zero-order valence-electron chi connectivity index (χ0n) is 11.5. The maximum Gasteiger partial charge on any atom is 0.300 e. The van der Waals surface area contributed by atoms with E-state index in [1.54, 1.807) is 7.05 Å². The van der Waals surface area contributed by atoms with E-state index in [0.717, 1.165) is 11.1 Å². The van der Waals surface area contributed by atoms with E-state index in [2.05, 4.69) is 15.6 Å². The van der Waals surface area contributed by atoms with Gasteiger partial charge < -0.3 is 10.6 Å². The summed E-state index contributed by atoms with van der Waals surface area (Å²) < 4.78 is 0. The molecule has 0 aliphatic carbocycles. The minimum atomic E-state index is -0.614.